The van der Waals surface area contributed by atoms with Gasteiger partial charge in [0.05, 0.1) is 0 Å². The van der Waals surface area contributed by atoms with Gasteiger partial charge in [0.2, 0.25) is 0 Å². The molecule has 13 heavy (non-hydrogen) atoms. The van der Waals surface area contributed by atoms with Gasteiger partial charge in [-0.1, -0.05) is 0 Å². The standard InChI is InChI=1S/C8H9IN2O2/c1-5(8(12)13)11-7-3-2-6(9)4-10-7/h2-5H,1H3,(H,10,11)(H,12,13)/t5-/m0/s1. The molecule has 0 saturated heterocycles. The van der Waals surface area contributed by atoms with E-state index < -0.39 is 12.0 Å². The van der Waals surface area contributed by atoms with E-state index in [1.807, 2.05) is 6.07 Å². The average molecular weight is 292 g/mol. The number of hydrogen-bond donors (Lipinski definition) is 2. The molecule has 0 unspecified atom stereocenters. The first-order valence-corrected chi connectivity index (χ1v) is 4.78. The Hall–Kier alpha value is -0.850. The summed E-state index contributed by atoms with van der Waals surface area (Å²) in [7, 11) is 0. The van der Waals surface area contributed by atoms with Crippen LogP contribution in [0.3, 0.4) is 0 Å². The van der Waals surface area contributed by atoms with Gasteiger partial charge in [0, 0.05) is 9.77 Å². The molecular formula is C8H9IN2O2. The Morgan fingerprint density at radius 2 is 2.38 bits per heavy atom. The first-order chi connectivity index (χ1) is 6.09. The SMILES string of the molecule is C[C@H](Nc1ccc(I)cn1)C(=O)O. The number of carbonyl (C=O) groups is 1. The van der Waals surface area contributed by atoms with Gasteiger partial charge in [-0.05, 0) is 41.6 Å². The van der Waals surface area contributed by atoms with Crippen LogP contribution in [0.4, 0.5) is 5.82 Å². The van der Waals surface area contributed by atoms with Crippen molar-refractivity contribution in [3.8, 4) is 0 Å². The molecule has 0 aliphatic carbocycles. The molecule has 0 amide bonds. The van der Waals surface area contributed by atoms with Gasteiger partial charge in [-0.25, -0.2) is 4.98 Å². The van der Waals surface area contributed by atoms with E-state index in [4.69, 9.17) is 5.11 Å². The first kappa shape index (κ1) is 10.2. The molecule has 0 bridgehead atoms. The van der Waals surface area contributed by atoms with Crippen LogP contribution in [0.2, 0.25) is 0 Å². The van der Waals surface area contributed by atoms with E-state index in [0.717, 1.165) is 3.57 Å². The van der Waals surface area contributed by atoms with E-state index >= 15 is 0 Å². The molecule has 4 nitrogen and oxygen atoms in total. The van der Waals surface area contributed by atoms with Crippen LogP contribution in [0.15, 0.2) is 18.3 Å². The monoisotopic (exact) mass is 292 g/mol. The summed E-state index contributed by atoms with van der Waals surface area (Å²) in [5.74, 6) is -0.310. The molecule has 1 atom stereocenters. The summed E-state index contributed by atoms with van der Waals surface area (Å²) in [6, 6.07) is 3.00. The molecule has 0 aliphatic rings. The van der Waals surface area contributed by atoms with Crippen molar-refractivity contribution < 1.29 is 9.90 Å². The predicted octanol–water partition coefficient (Wildman–Crippen LogP) is 1.57. The number of pyridine rings is 1. The lowest BCUT2D eigenvalue weighted by molar-refractivity contribution is -0.137. The Labute approximate surface area is 89.5 Å². The fraction of sp³-hybridized carbons (Fsp3) is 0.250. The van der Waals surface area contributed by atoms with Crippen molar-refractivity contribution in [3.63, 3.8) is 0 Å². The molecule has 0 aliphatic heterocycles. The molecule has 0 saturated carbocycles. The fourth-order valence-electron chi connectivity index (χ4n) is 0.745. The molecule has 1 aromatic heterocycles. The minimum Gasteiger partial charge on any atom is -0.480 e. The van der Waals surface area contributed by atoms with Gasteiger partial charge in [-0.15, -0.1) is 0 Å². The van der Waals surface area contributed by atoms with Gasteiger partial charge >= 0.3 is 5.97 Å². The van der Waals surface area contributed by atoms with Crippen molar-refractivity contribution in [3.05, 3.63) is 21.9 Å². The van der Waals surface area contributed by atoms with Crippen LogP contribution in [0.25, 0.3) is 0 Å². The average Bonchev–Trinajstić information content (AvgIpc) is 2.08. The summed E-state index contributed by atoms with van der Waals surface area (Å²) in [5.41, 5.74) is 0. The topological polar surface area (TPSA) is 62.2 Å². The number of nitrogens with zero attached hydrogens (tertiary/aromatic N) is 1. The Kier molecular flexibility index (Phi) is 3.47. The third-order valence-electron chi connectivity index (χ3n) is 1.46. The minimum absolute atomic E-state index is 0.579. The van der Waals surface area contributed by atoms with E-state index in [1.165, 1.54) is 0 Å². The second-order valence-electron chi connectivity index (χ2n) is 2.57. The smallest absolute Gasteiger partial charge is 0.325 e. The third kappa shape index (κ3) is 3.17. The number of nitrogens with one attached hydrogen (secondary N) is 1. The number of halogens is 1. The number of carboxylic acids is 1. The summed E-state index contributed by atoms with van der Waals surface area (Å²) in [6.07, 6.45) is 1.68. The highest BCUT2D eigenvalue weighted by Crippen LogP contribution is 2.07. The van der Waals surface area contributed by atoms with Crippen molar-refractivity contribution in [1.82, 2.24) is 4.98 Å². The number of rotatable bonds is 3. The van der Waals surface area contributed by atoms with Gasteiger partial charge in [-0.2, -0.15) is 0 Å². The molecule has 0 spiro atoms. The van der Waals surface area contributed by atoms with Crippen LogP contribution in [0, 0.1) is 3.57 Å². The zero-order chi connectivity index (χ0) is 9.84. The summed E-state index contributed by atoms with van der Waals surface area (Å²) >= 11 is 2.14. The fourth-order valence-corrected chi connectivity index (χ4v) is 1.06. The van der Waals surface area contributed by atoms with Gasteiger partial charge in [0.15, 0.2) is 0 Å². The lowest BCUT2D eigenvalue weighted by Gasteiger charge is -2.08. The highest BCUT2D eigenvalue weighted by Gasteiger charge is 2.09. The molecule has 1 rings (SSSR count). The lowest BCUT2D eigenvalue weighted by atomic mass is 10.3. The van der Waals surface area contributed by atoms with Crippen LogP contribution in [0.1, 0.15) is 6.92 Å². The maximum atomic E-state index is 10.5. The van der Waals surface area contributed by atoms with Gasteiger partial charge in [0.25, 0.3) is 0 Å². The van der Waals surface area contributed by atoms with Crippen molar-refractivity contribution in [1.29, 1.82) is 0 Å². The quantitative estimate of drug-likeness (QED) is 0.830. The summed E-state index contributed by atoms with van der Waals surface area (Å²) < 4.78 is 1.02. The zero-order valence-electron chi connectivity index (χ0n) is 6.99. The molecule has 2 N–H and O–H groups in total. The Morgan fingerprint density at radius 1 is 1.69 bits per heavy atom. The lowest BCUT2D eigenvalue weighted by Crippen LogP contribution is -2.25. The highest BCUT2D eigenvalue weighted by atomic mass is 127. The predicted molar refractivity (Wildman–Crippen MR) is 57.7 cm³/mol. The van der Waals surface area contributed by atoms with E-state index in [9.17, 15) is 4.79 Å². The second-order valence-corrected chi connectivity index (χ2v) is 3.81. The van der Waals surface area contributed by atoms with Crippen molar-refractivity contribution in [2.75, 3.05) is 5.32 Å². The Morgan fingerprint density at radius 3 is 2.85 bits per heavy atom. The van der Waals surface area contributed by atoms with Crippen LogP contribution >= 0.6 is 22.6 Å². The largest absolute Gasteiger partial charge is 0.480 e. The van der Waals surface area contributed by atoms with Crippen molar-refractivity contribution in [2.24, 2.45) is 0 Å². The maximum absolute atomic E-state index is 10.5. The number of aliphatic carboxylic acids is 1. The van der Waals surface area contributed by atoms with Crippen LogP contribution in [0.5, 0.6) is 0 Å². The van der Waals surface area contributed by atoms with E-state index in [1.54, 1.807) is 19.2 Å². The Balaban J connectivity index is 2.64. The molecule has 5 heteroatoms. The maximum Gasteiger partial charge on any atom is 0.325 e. The van der Waals surface area contributed by atoms with Gasteiger partial charge in [-0.3, -0.25) is 4.79 Å². The summed E-state index contributed by atoms with van der Waals surface area (Å²) in [6.45, 7) is 1.57. The van der Waals surface area contributed by atoms with Crippen LogP contribution in [-0.2, 0) is 4.79 Å². The van der Waals surface area contributed by atoms with Crippen molar-refractivity contribution in [2.45, 2.75) is 13.0 Å². The molecule has 70 valence electrons. The molecule has 0 aromatic carbocycles. The second kappa shape index (κ2) is 4.40. The molecule has 0 fully saturated rings. The number of carboxylic acid groups (broad SMARTS) is 1. The Bertz CT molecular complexity index is 300. The molecule has 1 heterocycles. The van der Waals surface area contributed by atoms with E-state index in [0.29, 0.717) is 5.82 Å². The number of aromatic nitrogens is 1. The highest BCUT2D eigenvalue weighted by molar-refractivity contribution is 14.1. The van der Waals surface area contributed by atoms with E-state index in [2.05, 4.69) is 32.9 Å². The van der Waals surface area contributed by atoms with Crippen molar-refractivity contribution >= 4 is 34.4 Å². The first-order valence-electron chi connectivity index (χ1n) is 3.70. The normalized spacial score (nSPS) is 12.2. The number of anilines is 1. The van der Waals surface area contributed by atoms with Crippen LogP contribution < -0.4 is 5.32 Å². The minimum atomic E-state index is -0.889. The third-order valence-corrected chi connectivity index (χ3v) is 2.10. The zero-order valence-corrected chi connectivity index (χ0v) is 9.15. The van der Waals surface area contributed by atoms with Gasteiger partial charge in [0.1, 0.15) is 11.9 Å². The van der Waals surface area contributed by atoms with Crippen LogP contribution in [-0.4, -0.2) is 22.1 Å². The molecular weight excluding hydrogens is 283 g/mol. The number of hydrogen-bond acceptors (Lipinski definition) is 3. The molecule has 1 aromatic rings. The molecule has 0 radical (unpaired) electrons. The summed E-state index contributed by atoms with van der Waals surface area (Å²) in [5, 5.41) is 11.4. The summed E-state index contributed by atoms with van der Waals surface area (Å²) in [4.78, 5) is 14.5. The van der Waals surface area contributed by atoms with Gasteiger partial charge < -0.3 is 10.4 Å². The van der Waals surface area contributed by atoms with E-state index in [-0.39, 0.29) is 0 Å².